The fourth-order valence-corrected chi connectivity index (χ4v) is 4.14. The van der Waals surface area contributed by atoms with E-state index >= 15 is 0 Å². The predicted octanol–water partition coefficient (Wildman–Crippen LogP) is 4.47. The Morgan fingerprint density at radius 2 is 1.59 bits per heavy atom. The van der Waals surface area contributed by atoms with E-state index in [1.807, 2.05) is 53.4 Å². The van der Waals surface area contributed by atoms with Gasteiger partial charge in [-0.1, -0.05) is 48.5 Å². The minimum atomic E-state index is -0.00896. The molecule has 3 rings (SSSR count). The summed E-state index contributed by atoms with van der Waals surface area (Å²) in [4.78, 5) is 27.9. The summed E-state index contributed by atoms with van der Waals surface area (Å²) in [6.07, 6.45) is 2.42. The number of nitrogens with one attached hydrogen (secondary N) is 1. The molecule has 2 amide bonds. The average Bonchev–Trinajstić information content (AvgIpc) is 2.74. The van der Waals surface area contributed by atoms with Crippen molar-refractivity contribution in [2.45, 2.75) is 24.2 Å². The molecule has 1 N–H and O–H groups in total. The summed E-state index contributed by atoms with van der Waals surface area (Å²) in [6.45, 7) is 1.98. The minimum absolute atomic E-state index is 0.00896. The molecular weight excluding hydrogens is 356 g/mol. The summed E-state index contributed by atoms with van der Waals surface area (Å²) in [5, 5.41) is 3.00. The van der Waals surface area contributed by atoms with Crippen molar-refractivity contribution in [3.63, 3.8) is 0 Å². The van der Waals surface area contributed by atoms with Crippen molar-refractivity contribution in [1.82, 2.24) is 10.2 Å². The zero-order valence-electron chi connectivity index (χ0n) is 15.5. The Bertz CT molecular complexity index is 728. The Hall–Kier alpha value is -2.27. The topological polar surface area (TPSA) is 49.4 Å². The molecule has 0 radical (unpaired) electrons. The molecule has 0 atom stereocenters. The van der Waals surface area contributed by atoms with E-state index in [1.54, 1.807) is 11.8 Å². The number of carbonyl (C=O) groups excluding carboxylic acids is 2. The first-order chi connectivity index (χ1) is 13.2. The molecule has 0 spiro atoms. The largest absolute Gasteiger partial charge is 0.338 e. The van der Waals surface area contributed by atoms with E-state index in [2.05, 4.69) is 17.4 Å². The second-order valence-electron chi connectivity index (χ2n) is 6.74. The van der Waals surface area contributed by atoms with E-state index in [1.165, 1.54) is 4.90 Å². The van der Waals surface area contributed by atoms with Gasteiger partial charge in [0.2, 0.25) is 0 Å². The van der Waals surface area contributed by atoms with Gasteiger partial charge in [-0.3, -0.25) is 4.79 Å². The molecule has 0 unspecified atom stereocenters. The van der Waals surface area contributed by atoms with Gasteiger partial charge in [-0.05, 0) is 37.1 Å². The summed E-state index contributed by atoms with van der Waals surface area (Å²) < 4.78 is 0. The van der Waals surface area contributed by atoms with Gasteiger partial charge in [0.05, 0.1) is 0 Å². The van der Waals surface area contributed by atoms with Gasteiger partial charge < -0.3 is 10.2 Å². The van der Waals surface area contributed by atoms with Crippen LogP contribution in [-0.2, 0) is 0 Å². The average molecular weight is 383 g/mol. The molecule has 1 fully saturated rings. The number of amides is 2. The molecule has 0 saturated carbocycles. The SMILES string of the molecule is O=C(c1ccccc1)C1CCN(C(=O)NCCCSc2ccccc2)CC1. The molecule has 0 aromatic heterocycles. The van der Waals surface area contributed by atoms with Crippen molar-refractivity contribution in [3.8, 4) is 0 Å². The first-order valence-electron chi connectivity index (χ1n) is 9.54. The van der Waals surface area contributed by atoms with Crippen LogP contribution in [0.2, 0.25) is 0 Å². The molecule has 1 aliphatic heterocycles. The number of carbonyl (C=O) groups is 2. The number of thioether (sulfide) groups is 1. The van der Waals surface area contributed by atoms with E-state index in [-0.39, 0.29) is 17.7 Å². The maximum absolute atomic E-state index is 12.5. The lowest BCUT2D eigenvalue weighted by Crippen LogP contribution is -2.45. The van der Waals surface area contributed by atoms with E-state index in [9.17, 15) is 9.59 Å². The Kier molecular flexibility index (Phi) is 7.34. The fraction of sp³-hybridized carbons (Fsp3) is 0.364. The van der Waals surface area contributed by atoms with Crippen molar-refractivity contribution in [1.29, 1.82) is 0 Å². The van der Waals surface area contributed by atoms with Gasteiger partial charge in [0.1, 0.15) is 0 Å². The number of ketones is 1. The summed E-state index contributed by atoms with van der Waals surface area (Å²) in [6, 6.07) is 19.7. The molecule has 1 aliphatic rings. The lowest BCUT2D eigenvalue weighted by atomic mass is 9.89. The third kappa shape index (κ3) is 5.86. The third-order valence-corrected chi connectivity index (χ3v) is 5.92. The number of hydrogen-bond donors (Lipinski definition) is 1. The normalized spacial score (nSPS) is 14.7. The van der Waals surface area contributed by atoms with Gasteiger partial charge in [0, 0.05) is 36.0 Å². The number of likely N-dealkylation sites (tertiary alicyclic amines) is 1. The molecule has 27 heavy (non-hydrogen) atoms. The van der Waals surface area contributed by atoms with E-state index in [0.717, 1.165) is 30.6 Å². The van der Waals surface area contributed by atoms with E-state index < -0.39 is 0 Å². The van der Waals surface area contributed by atoms with Crippen molar-refractivity contribution >= 4 is 23.6 Å². The molecule has 2 aromatic rings. The van der Waals surface area contributed by atoms with Gasteiger partial charge in [0.15, 0.2) is 5.78 Å². The lowest BCUT2D eigenvalue weighted by Gasteiger charge is -2.31. The van der Waals surface area contributed by atoms with E-state index in [4.69, 9.17) is 0 Å². The second-order valence-corrected chi connectivity index (χ2v) is 7.91. The van der Waals surface area contributed by atoms with Crippen LogP contribution in [0.3, 0.4) is 0 Å². The van der Waals surface area contributed by atoms with Gasteiger partial charge in [-0.2, -0.15) is 0 Å². The van der Waals surface area contributed by atoms with Crippen LogP contribution in [0.15, 0.2) is 65.6 Å². The van der Waals surface area contributed by atoms with Crippen LogP contribution in [0, 0.1) is 5.92 Å². The van der Waals surface area contributed by atoms with Gasteiger partial charge in [0.25, 0.3) is 0 Å². The Morgan fingerprint density at radius 3 is 2.26 bits per heavy atom. The van der Waals surface area contributed by atoms with Crippen LogP contribution in [-0.4, -0.2) is 42.1 Å². The van der Waals surface area contributed by atoms with Crippen LogP contribution in [0.5, 0.6) is 0 Å². The van der Waals surface area contributed by atoms with Crippen molar-refractivity contribution < 1.29 is 9.59 Å². The molecule has 0 bridgehead atoms. The number of rotatable bonds is 7. The summed E-state index contributed by atoms with van der Waals surface area (Å²) in [5.41, 5.74) is 0.774. The Morgan fingerprint density at radius 1 is 0.963 bits per heavy atom. The molecule has 4 nitrogen and oxygen atoms in total. The van der Waals surface area contributed by atoms with Gasteiger partial charge >= 0.3 is 6.03 Å². The number of nitrogens with zero attached hydrogens (tertiary/aromatic N) is 1. The molecule has 1 saturated heterocycles. The lowest BCUT2D eigenvalue weighted by molar-refractivity contribution is 0.0854. The minimum Gasteiger partial charge on any atom is -0.338 e. The molecular formula is C22H26N2O2S. The summed E-state index contributed by atoms with van der Waals surface area (Å²) in [5.74, 6) is 1.21. The molecule has 142 valence electrons. The fourth-order valence-electron chi connectivity index (χ4n) is 3.27. The highest BCUT2D eigenvalue weighted by atomic mass is 32.2. The smallest absolute Gasteiger partial charge is 0.317 e. The second kappa shape index (κ2) is 10.2. The van der Waals surface area contributed by atoms with Crippen LogP contribution >= 0.6 is 11.8 Å². The number of benzene rings is 2. The monoisotopic (exact) mass is 382 g/mol. The highest BCUT2D eigenvalue weighted by Gasteiger charge is 2.27. The number of hydrogen-bond acceptors (Lipinski definition) is 3. The van der Waals surface area contributed by atoms with Crippen molar-refractivity contribution in [3.05, 3.63) is 66.2 Å². The molecule has 1 heterocycles. The maximum atomic E-state index is 12.5. The van der Waals surface area contributed by atoms with Crippen LogP contribution in [0.1, 0.15) is 29.6 Å². The molecule has 2 aromatic carbocycles. The highest BCUT2D eigenvalue weighted by Crippen LogP contribution is 2.22. The standard InChI is InChI=1S/C22H26N2O2S/c25-21(18-8-3-1-4-9-18)19-12-15-24(16-13-19)22(26)23-14-7-17-27-20-10-5-2-6-11-20/h1-6,8-11,19H,7,12-17H2,(H,23,26). The summed E-state index contributed by atoms with van der Waals surface area (Å²) >= 11 is 1.81. The zero-order valence-corrected chi connectivity index (χ0v) is 16.3. The molecule has 0 aliphatic carbocycles. The van der Waals surface area contributed by atoms with E-state index in [0.29, 0.717) is 19.6 Å². The van der Waals surface area contributed by atoms with Crippen molar-refractivity contribution in [2.24, 2.45) is 5.92 Å². The number of Topliss-reactive ketones (excluding diaryl/α,β-unsaturated/α-hetero) is 1. The first-order valence-corrected chi connectivity index (χ1v) is 10.5. The molecule has 5 heteroatoms. The number of piperidine rings is 1. The Labute approximate surface area is 165 Å². The highest BCUT2D eigenvalue weighted by molar-refractivity contribution is 7.99. The summed E-state index contributed by atoms with van der Waals surface area (Å²) in [7, 11) is 0. The Balaban J connectivity index is 1.33. The third-order valence-electron chi connectivity index (χ3n) is 4.82. The first kappa shape index (κ1) is 19.5. The van der Waals surface area contributed by atoms with Crippen LogP contribution in [0.25, 0.3) is 0 Å². The number of urea groups is 1. The van der Waals surface area contributed by atoms with Crippen LogP contribution in [0.4, 0.5) is 4.79 Å². The van der Waals surface area contributed by atoms with Crippen LogP contribution < -0.4 is 5.32 Å². The van der Waals surface area contributed by atoms with Gasteiger partial charge in [-0.25, -0.2) is 4.79 Å². The van der Waals surface area contributed by atoms with Crippen molar-refractivity contribution in [2.75, 3.05) is 25.4 Å². The quantitative estimate of drug-likeness (QED) is 0.437. The van der Waals surface area contributed by atoms with Gasteiger partial charge in [-0.15, -0.1) is 11.8 Å². The zero-order chi connectivity index (χ0) is 18.9. The predicted molar refractivity (Wildman–Crippen MR) is 110 cm³/mol. The maximum Gasteiger partial charge on any atom is 0.317 e.